The van der Waals surface area contributed by atoms with Gasteiger partial charge in [-0.15, -0.1) is 11.8 Å². The Morgan fingerprint density at radius 1 is 1.19 bits per heavy atom. The number of hydrogen-bond acceptors (Lipinski definition) is 4. The molecule has 1 saturated heterocycles. The number of rotatable bonds is 4. The number of sulfone groups is 1. The van der Waals surface area contributed by atoms with Crippen LogP contribution in [0.15, 0.2) is 48.5 Å². The molecule has 3 atom stereocenters. The zero-order valence-electron chi connectivity index (χ0n) is 17.8. The summed E-state index contributed by atoms with van der Waals surface area (Å²) in [5, 5.41) is 1.87. The minimum absolute atomic E-state index is 0.00653. The van der Waals surface area contributed by atoms with Crippen molar-refractivity contribution in [1.29, 1.82) is 0 Å². The summed E-state index contributed by atoms with van der Waals surface area (Å²) in [6.07, 6.45) is 0.629. The number of para-hydroxylation sites is 1. The Kier molecular flexibility index (Phi) is 5.76. The van der Waals surface area contributed by atoms with Crippen LogP contribution in [0.5, 0.6) is 0 Å². The second-order valence-electron chi connectivity index (χ2n) is 8.63. The van der Waals surface area contributed by atoms with Crippen LogP contribution in [0.3, 0.4) is 0 Å². The predicted octanol–water partition coefficient (Wildman–Crippen LogP) is 4.78. The number of thioether (sulfide) groups is 1. The number of nitrogens with zero attached hydrogens (tertiary/aromatic N) is 1. The third-order valence-electron chi connectivity index (χ3n) is 6.62. The van der Waals surface area contributed by atoms with Crippen LogP contribution < -0.4 is 0 Å². The summed E-state index contributed by atoms with van der Waals surface area (Å²) in [5.74, 6) is 0.691. The van der Waals surface area contributed by atoms with Crippen LogP contribution in [0.1, 0.15) is 42.1 Å². The second-order valence-corrected chi connectivity index (χ2v) is 12.6. The Balaban J connectivity index is 1.48. The summed E-state index contributed by atoms with van der Waals surface area (Å²) in [6, 6.07) is 16.0. The van der Waals surface area contributed by atoms with E-state index in [1.807, 2.05) is 41.3 Å². The highest BCUT2D eigenvalue weighted by Gasteiger charge is 2.38. The van der Waals surface area contributed by atoms with E-state index < -0.39 is 9.84 Å². The molecule has 0 radical (unpaired) electrons. The van der Waals surface area contributed by atoms with Gasteiger partial charge < -0.3 is 9.88 Å². The van der Waals surface area contributed by atoms with Gasteiger partial charge in [-0.3, -0.25) is 4.79 Å². The molecular weight excluding hydrogens is 464 g/mol. The van der Waals surface area contributed by atoms with E-state index in [0.717, 1.165) is 22.2 Å². The maximum atomic E-state index is 13.3. The minimum atomic E-state index is -2.95. The van der Waals surface area contributed by atoms with Crippen molar-refractivity contribution in [1.82, 2.24) is 9.88 Å². The van der Waals surface area contributed by atoms with E-state index in [0.29, 0.717) is 18.0 Å². The number of aromatic amines is 1. The fraction of sp³-hybridized carbons (Fsp3) is 0.375. The average molecular weight is 489 g/mol. The third-order valence-corrected chi connectivity index (χ3v) is 10.2. The van der Waals surface area contributed by atoms with E-state index in [2.05, 4.69) is 24.0 Å². The highest BCUT2D eigenvalue weighted by atomic mass is 35.5. The molecule has 3 unspecified atom stereocenters. The Bertz CT molecular complexity index is 1290. The zero-order chi connectivity index (χ0) is 22.5. The molecule has 1 amide bonds. The first-order valence-corrected chi connectivity index (χ1v) is 14.1. The fourth-order valence-electron chi connectivity index (χ4n) is 4.99. The first kappa shape index (κ1) is 21.9. The first-order valence-electron chi connectivity index (χ1n) is 10.8. The van der Waals surface area contributed by atoms with Crippen molar-refractivity contribution in [3.05, 3.63) is 70.4 Å². The van der Waals surface area contributed by atoms with Gasteiger partial charge in [0.05, 0.1) is 23.3 Å². The van der Waals surface area contributed by atoms with E-state index in [1.54, 1.807) is 0 Å². The molecule has 3 heterocycles. The molecule has 0 spiro atoms. The highest BCUT2D eigenvalue weighted by Crippen LogP contribution is 2.44. The normalized spacial score (nSPS) is 24.6. The van der Waals surface area contributed by atoms with Gasteiger partial charge in [0.1, 0.15) is 0 Å². The maximum absolute atomic E-state index is 13.3. The Hall–Kier alpha value is -1.96. The molecule has 1 aromatic heterocycles. The van der Waals surface area contributed by atoms with Gasteiger partial charge in [-0.1, -0.05) is 48.0 Å². The SMILES string of the molecule is CC1c2[nH]c3ccccc3c2C(c2ccccc2Cl)CN1C(=O)CSC1CCS(=O)(=O)C1. The van der Waals surface area contributed by atoms with Gasteiger partial charge in [0.15, 0.2) is 9.84 Å². The highest BCUT2D eigenvalue weighted by molar-refractivity contribution is 8.02. The van der Waals surface area contributed by atoms with Crippen molar-refractivity contribution in [2.75, 3.05) is 23.8 Å². The van der Waals surface area contributed by atoms with Gasteiger partial charge in [-0.2, -0.15) is 0 Å². The summed E-state index contributed by atoms with van der Waals surface area (Å²) in [4.78, 5) is 18.8. The van der Waals surface area contributed by atoms with Crippen molar-refractivity contribution in [2.45, 2.75) is 30.6 Å². The smallest absolute Gasteiger partial charge is 0.233 e. The number of benzene rings is 2. The molecule has 3 aromatic rings. The number of aromatic nitrogens is 1. The van der Waals surface area contributed by atoms with E-state index in [4.69, 9.17) is 11.6 Å². The monoisotopic (exact) mass is 488 g/mol. The molecule has 168 valence electrons. The van der Waals surface area contributed by atoms with E-state index in [9.17, 15) is 13.2 Å². The molecule has 0 aliphatic carbocycles. The van der Waals surface area contributed by atoms with E-state index in [-0.39, 0.29) is 40.4 Å². The fourth-order valence-corrected chi connectivity index (χ4v) is 8.78. The second kappa shape index (κ2) is 8.43. The summed E-state index contributed by atoms with van der Waals surface area (Å²) in [5.41, 5.74) is 4.32. The maximum Gasteiger partial charge on any atom is 0.233 e. The average Bonchev–Trinajstić information content (AvgIpc) is 3.33. The van der Waals surface area contributed by atoms with Crippen LogP contribution in [0.4, 0.5) is 0 Å². The number of carbonyl (C=O) groups is 1. The molecule has 5 rings (SSSR count). The summed E-state index contributed by atoms with van der Waals surface area (Å²) in [7, 11) is -2.95. The molecule has 5 nitrogen and oxygen atoms in total. The van der Waals surface area contributed by atoms with Crippen LogP contribution in [0.2, 0.25) is 5.02 Å². The third kappa shape index (κ3) is 3.95. The van der Waals surface area contributed by atoms with Crippen molar-refractivity contribution >= 4 is 50.0 Å². The number of carbonyl (C=O) groups excluding carboxylic acids is 1. The number of nitrogens with one attached hydrogen (secondary N) is 1. The van der Waals surface area contributed by atoms with Gasteiger partial charge in [0.2, 0.25) is 5.91 Å². The lowest BCUT2D eigenvalue weighted by molar-refractivity contribution is -0.131. The lowest BCUT2D eigenvalue weighted by atomic mass is 9.83. The van der Waals surface area contributed by atoms with Gasteiger partial charge in [0.25, 0.3) is 0 Å². The minimum Gasteiger partial charge on any atom is -0.356 e. The van der Waals surface area contributed by atoms with Crippen LogP contribution in [0.25, 0.3) is 10.9 Å². The largest absolute Gasteiger partial charge is 0.356 e. The van der Waals surface area contributed by atoms with Crippen molar-refractivity contribution < 1.29 is 13.2 Å². The van der Waals surface area contributed by atoms with Gasteiger partial charge >= 0.3 is 0 Å². The van der Waals surface area contributed by atoms with Gasteiger partial charge in [-0.25, -0.2) is 8.42 Å². The Morgan fingerprint density at radius 3 is 2.69 bits per heavy atom. The summed E-state index contributed by atoms with van der Waals surface area (Å²) >= 11 is 8.08. The Labute approximate surface area is 197 Å². The van der Waals surface area contributed by atoms with Crippen molar-refractivity contribution in [3.8, 4) is 0 Å². The Morgan fingerprint density at radius 2 is 1.94 bits per heavy atom. The molecule has 2 aromatic carbocycles. The van der Waals surface area contributed by atoms with E-state index >= 15 is 0 Å². The van der Waals surface area contributed by atoms with Gasteiger partial charge in [0, 0.05) is 39.3 Å². The standard InChI is InChI=1S/C24H25ClN2O3S2/c1-15-24-23(18-7-3-5-9-21(18)26-24)19(17-6-2-4-8-20(17)25)12-27(15)22(28)13-31-16-10-11-32(29,30)14-16/h2-9,15-16,19,26H,10-14H2,1H3. The molecule has 2 aliphatic heterocycles. The lowest BCUT2D eigenvalue weighted by Crippen LogP contribution is -2.42. The van der Waals surface area contributed by atoms with Crippen molar-refractivity contribution in [2.24, 2.45) is 0 Å². The first-order chi connectivity index (χ1) is 15.3. The van der Waals surface area contributed by atoms with Gasteiger partial charge in [-0.05, 0) is 36.6 Å². The summed E-state index contributed by atoms with van der Waals surface area (Å²) in [6.45, 7) is 2.60. The molecule has 8 heteroatoms. The molecule has 0 saturated carbocycles. The van der Waals surface area contributed by atoms with Crippen LogP contribution in [-0.4, -0.2) is 53.3 Å². The molecule has 2 aliphatic rings. The topological polar surface area (TPSA) is 70.2 Å². The summed E-state index contributed by atoms with van der Waals surface area (Å²) < 4.78 is 23.5. The predicted molar refractivity (Wildman–Crippen MR) is 131 cm³/mol. The zero-order valence-corrected chi connectivity index (χ0v) is 20.1. The molecule has 1 fully saturated rings. The lowest BCUT2D eigenvalue weighted by Gasteiger charge is -2.39. The molecule has 32 heavy (non-hydrogen) atoms. The number of amides is 1. The van der Waals surface area contributed by atoms with Crippen LogP contribution in [-0.2, 0) is 14.6 Å². The molecular formula is C24H25ClN2O3S2. The quantitative estimate of drug-likeness (QED) is 0.574. The van der Waals surface area contributed by atoms with E-state index in [1.165, 1.54) is 17.3 Å². The number of hydrogen-bond donors (Lipinski definition) is 1. The number of H-pyrrole nitrogens is 1. The van der Waals surface area contributed by atoms with Crippen LogP contribution in [0, 0.1) is 0 Å². The van der Waals surface area contributed by atoms with Crippen molar-refractivity contribution in [3.63, 3.8) is 0 Å². The molecule has 0 bridgehead atoms. The molecule has 1 N–H and O–H groups in total. The van der Waals surface area contributed by atoms with Crippen LogP contribution >= 0.6 is 23.4 Å². The number of halogens is 1. The number of fused-ring (bicyclic) bond motifs is 3.